The van der Waals surface area contributed by atoms with E-state index in [2.05, 4.69) is 0 Å². The van der Waals surface area contributed by atoms with Crippen LogP contribution in [0.2, 0.25) is 0 Å². The van der Waals surface area contributed by atoms with Gasteiger partial charge in [0.15, 0.2) is 0 Å². The second kappa shape index (κ2) is 5.32. The first-order chi connectivity index (χ1) is 8.16. The lowest BCUT2D eigenvalue weighted by Gasteiger charge is -2.13. The fraction of sp³-hybridized carbons (Fsp3) is 0.500. The predicted octanol–water partition coefficient (Wildman–Crippen LogP) is 2.59. The molecule has 0 radical (unpaired) electrons. The van der Waals surface area contributed by atoms with Gasteiger partial charge in [-0.1, -0.05) is 29.8 Å². The maximum absolute atomic E-state index is 11.2. The summed E-state index contributed by atoms with van der Waals surface area (Å²) in [6.45, 7) is 2.97. The Morgan fingerprint density at radius 1 is 1.41 bits per heavy atom. The topological polar surface area (TPSA) is 46.5 Å². The summed E-state index contributed by atoms with van der Waals surface area (Å²) in [4.78, 5) is 11.2. The van der Waals surface area contributed by atoms with E-state index in [-0.39, 0.29) is 6.61 Å². The summed E-state index contributed by atoms with van der Waals surface area (Å²) >= 11 is 0. The molecule has 1 fully saturated rings. The van der Waals surface area contributed by atoms with Gasteiger partial charge in [0.05, 0.1) is 6.61 Å². The molecule has 0 saturated heterocycles. The number of hydrogen-bond acceptors (Lipinski definition) is 2. The summed E-state index contributed by atoms with van der Waals surface area (Å²) in [5.41, 5.74) is 1.95. The maximum Gasteiger partial charge on any atom is 0.313 e. The van der Waals surface area contributed by atoms with Gasteiger partial charge in [0.2, 0.25) is 0 Å². The fourth-order valence-corrected chi connectivity index (χ4v) is 1.75. The summed E-state index contributed by atoms with van der Waals surface area (Å²) in [5.74, 6) is -0.693. The van der Waals surface area contributed by atoms with Gasteiger partial charge in [-0.3, -0.25) is 4.79 Å². The molecular formula is C14H18O3. The number of carbonyl (C=O) groups is 1. The molecule has 0 bridgehead atoms. The molecule has 0 aliphatic heterocycles. The Labute approximate surface area is 101 Å². The van der Waals surface area contributed by atoms with Gasteiger partial charge in [-0.25, -0.2) is 0 Å². The van der Waals surface area contributed by atoms with Gasteiger partial charge in [-0.15, -0.1) is 0 Å². The Morgan fingerprint density at radius 2 is 2.06 bits per heavy atom. The number of ether oxygens (including phenoxy) is 1. The van der Waals surface area contributed by atoms with E-state index in [1.54, 1.807) is 0 Å². The molecule has 1 saturated carbocycles. The van der Waals surface area contributed by atoms with Crippen LogP contribution in [0.1, 0.15) is 29.9 Å². The number of aliphatic carboxylic acids is 1. The van der Waals surface area contributed by atoms with E-state index in [4.69, 9.17) is 4.74 Å². The van der Waals surface area contributed by atoms with Gasteiger partial charge in [0, 0.05) is 6.61 Å². The monoisotopic (exact) mass is 234 g/mol. The highest BCUT2D eigenvalue weighted by molar-refractivity contribution is 5.76. The van der Waals surface area contributed by atoms with Crippen molar-refractivity contribution in [3.05, 3.63) is 35.4 Å². The Morgan fingerprint density at radius 3 is 2.59 bits per heavy atom. The van der Waals surface area contributed by atoms with Gasteiger partial charge in [0.25, 0.3) is 0 Å². The van der Waals surface area contributed by atoms with Gasteiger partial charge in [-0.05, 0) is 31.2 Å². The number of aryl methyl sites for hydroxylation is 1. The van der Waals surface area contributed by atoms with E-state index in [1.165, 1.54) is 12.8 Å². The van der Waals surface area contributed by atoms with Crippen LogP contribution >= 0.6 is 0 Å². The fourth-order valence-electron chi connectivity index (χ4n) is 1.75. The average molecular weight is 234 g/mol. The van der Waals surface area contributed by atoms with Crippen molar-refractivity contribution in [2.24, 2.45) is 5.92 Å². The molecule has 92 valence electrons. The molecule has 1 N–H and O–H groups in total. The van der Waals surface area contributed by atoms with E-state index >= 15 is 0 Å². The van der Waals surface area contributed by atoms with Crippen molar-refractivity contribution >= 4 is 5.97 Å². The molecule has 1 aliphatic rings. The van der Waals surface area contributed by atoms with Crippen LogP contribution in [0.3, 0.4) is 0 Å². The largest absolute Gasteiger partial charge is 0.481 e. The van der Waals surface area contributed by atoms with Gasteiger partial charge in [-0.2, -0.15) is 0 Å². The maximum atomic E-state index is 11.2. The Hall–Kier alpha value is -1.35. The highest BCUT2D eigenvalue weighted by Crippen LogP contribution is 2.29. The molecule has 1 atom stereocenters. The van der Waals surface area contributed by atoms with Crippen molar-refractivity contribution in [2.75, 3.05) is 13.2 Å². The van der Waals surface area contributed by atoms with Crippen LogP contribution in [0.4, 0.5) is 0 Å². The molecule has 0 aromatic heterocycles. The van der Waals surface area contributed by atoms with Crippen LogP contribution in [-0.2, 0) is 9.53 Å². The number of carboxylic acid groups (broad SMARTS) is 1. The normalized spacial score (nSPS) is 16.8. The quantitative estimate of drug-likeness (QED) is 0.823. The van der Waals surface area contributed by atoms with Gasteiger partial charge in [0.1, 0.15) is 5.92 Å². The summed E-state index contributed by atoms with van der Waals surface area (Å²) in [5, 5.41) is 9.20. The standard InChI is InChI=1S/C14H18O3/c1-10-2-6-12(7-3-10)13(14(15)16)9-17-8-11-4-5-11/h2-3,6-7,11,13H,4-5,8-9H2,1H3,(H,15,16). The minimum atomic E-state index is -0.815. The zero-order valence-corrected chi connectivity index (χ0v) is 10.1. The van der Waals surface area contributed by atoms with E-state index in [1.807, 2.05) is 31.2 Å². The van der Waals surface area contributed by atoms with Crippen molar-refractivity contribution in [3.63, 3.8) is 0 Å². The lowest BCUT2D eigenvalue weighted by atomic mass is 9.99. The van der Waals surface area contributed by atoms with Crippen LogP contribution in [-0.4, -0.2) is 24.3 Å². The molecule has 1 aromatic rings. The molecular weight excluding hydrogens is 216 g/mol. The predicted molar refractivity (Wildman–Crippen MR) is 65.1 cm³/mol. The summed E-state index contributed by atoms with van der Waals surface area (Å²) in [7, 11) is 0. The molecule has 0 spiro atoms. The first-order valence-electron chi connectivity index (χ1n) is 6.04. The van der Waals surface area contributed by atoms with Crippen molar-refractivity contribution in [3.8, 4) is 0 Å². The highest BCUT2D eigenvalue weighted by Gasteiger charge is 2.24. The third-order valence-electron chi connectivity index (χ3n) is 3.11. The number of hydrogen-bond donors (Lipinski definition) is 1. The van der Waals surface area contributed by atoms with E-state index < -0.39 is 11.9 Å². The van der Waals surface area contributed by atoms with Crippen LogP contribution in [0.5, 0.6) is 0 Å². The van der Waals surface area contributed by atoms with Crippen LogP contribution in [0.15, 0.2) is 24.3 Å². The minimum Gasteiger partial charge on any atom is -0.481 e. The third-order valence-corrected chi connectivity index (χ3v) is 3.11. The number of carboxylic acids is 1. The molecule has 1 aromatic carbocycles. The van der Waals surface area contributed by atoms with Crippen molar-refractivity contribution in [2.45, 2.75) is 25.7 Å². The lowest BCUT2D eigenvalue weighted by molar-refractivity contribution is -0.140. The van der Waals surface area contributed by atoms with Crippen molar-refractivity contribution < 1.29 is 14.6 Å². The third kappa shape index (κ3) is 3.56. The van der Waals surface area contributed by atoms with E-state index in [9.17, 15) is 9.90 Å². The number of benzene rings is 1. The molecule has 1 unspecified atom stereocenters. The first-order valence-corrected chi connectivity index (χ1v) is 6.04. The smallest absolute Gasteiger partial charge is 0.313 e. The van der Waals surface area contributed by atoms with Crippen molar-refractivity contribution in [1.82, 2.24) is 0 Å². The SMILES string of the molecule is Cc1ccc(C(COCC2CC2)C(=O)O)cc1. The number of rotatable bonds is 6. The van der Waals surface area contributed by atoms with Crippen LogP contribution < -0.4 is 0 Å². The van der Waals surface area contributed by atoms with E-state index in [0.29, 0.717) is 12.5 Å². The molecule has 17 heavy (non-hydrogen) atoms. The van der Waals surface area contributed by atoms with Gasteiger partial charge >= 0.3 is 5.97 Å². The molecule has 2 rings (SSSR count). The van der Waals surface area contributed by atoms with Crippen LogP contribution in [0, 0.1) is 12.8 Å². The molecule has 0 heterocycles. The zero-order chi connectivity index (χ0) is 12.3. The van der Waals surface area contributed by atoms with Crippen molar-refractivity contribution in [1.29, 1.82) is 0 Å². The van der Waals surface area contributed by atoms with E-state index in [0.717, 1.165) is 11.1 Å². The summed E-state index contributed by atoms with van der Waals surface area (Å²) < 4.78 is 5.48. The molecule has 0 amide bonds. The van der Waals surface area contributed by atoms with Crippen LogP contribution in [0.25, 0.3) is 0 Å². The Kier molecular flexibility index (Phi) is 3.79. The summed E-state index contributed by atoms with van der Waals surface area (Å²) in [6, 6.07) is 7.61. The Bertz CT molecular complexity index is 379. The Balaban J connectivity index is 1.95. The lowest BCUT2D eigenvalue weighted by Crippen LogP contribution is -2.18. The minimum absolute atomic E-state index is 0.273. The first kappa shape index (κ1) is 12.1. The van der Waals surface area contributed by atoms with Gasteiger partial charge < -0.3 is 9.84 Å². The zero-order valence-electron chi connectivity index (χ0n) is 10.1. The molecule has 3 heteroatoms. The summed E-state index contributed by atoms with van der Waals surface area (Å²) in [6.07, 6.45) is 2.45. The highest BCUT2D eigenvalue weighted by atomic mass is 16.5. The second-order valence-electron chi connectivity index (χ2n) is 4.78. The molecule has 1 aliphatic carbocycles. The second-order valence-corrected chi connectivity index (χ2v) is 4.78. The molecule has 3 nitrogen and oxygen atoms in total. The average Bonchev–Trinajstić information content (AvgIpc) is 3.09.